The second-order valence-electron chi connectivity index (χ2n) is 8.14. The predicted octanol–water partition coefficient (Wildman–Crippen LogP) is 4.04. The summed E-state index contributed by atoms with van der Waals surface area (Å²) >= 11 is 1.27. The summed E-state index contributed by atoms with van der Waals surface area (Å²) in [5, 5.41) is 15.9. The number of aromatic nitrogens is 1. The molecule has 0 spiro atoms. The quantitative estimate of drug-likeness (QED) is 0.298. The summed E-state index contributed by atoms with van der Waals surface area (Å²) in [4.78, 5) is 53.1. The number of esters is 1. The third-order valence-corrected chi connectivity index (χ3v) is 5.18. The van der Waals surface area contributed by atoms with Crippen molar-refractivity contribution in [2.45, 2.75) is 46.1 Å². The summed E-state index contributed by atoms with van der Waals surface area (Å²) in [7, 11) is 0. The fraction of sp³-hybridized carbons (Fsp3) is 0.455. The Hall–Kier alpha value is -3.54. The van der Waals surface area contributed by atoms with Gasteiger partial charge in [-0.2, -0.15) is 0 Å². The number of benzene rings is 1. The number of thiazole rings is 1. The number of carbonyl (C=O) groups excluding carboxylic acids is 3. The number of hydrogen-bond acceptors (Lipinski definition) is 9. The molecule has 2 amide bonds. The largest absolute Gasteiger partial charge is 0.461 e. The van der Waals surface area contributed by atoms with Gasteiger partial charge in [0.15, 0.2) is 5.69 Å². The zero-order valence-corrected chi connectivity index (χ0v) is 20.3. The molecular formula is C22H28N4O7S. The van der Waals surface area contributed by atoms with E-state index >= 15 is 0 Å². The van der Waals surface area contributed by atoms with Crippen molar-refractivity contribution in [1.82, 2.24) is 9.88 Å². The molecule has 184 valence electrons. The van der Waals surface area contributed by atoms with Crippen LogP contribution in [0.5, 0.6) is 0 Å². The van der Waals surface area contributed by atoms with E-state index in [0.717, 1.165) is 0 Å². The molecule has 34 heavy (non-hydrogen) atoms. The van der Waals surface area contributed by atoms with Gasteiger partial charge in [0.05, 0.1) is 16.5 Å². The normalized spacial score (nSPS) is 10.9. The fourth-order valence-electron chi connectivity index (χ4n) is 2.76. The molecule has 2 aromatic rings. The maximum Gasteiger partial charge on any atom is 0.410 e. The molecule has 0 atom stereocenters. The molecule has 0 fully saturated rings. The molecule has 11 nitrogen and oxygen atoms in total. The lowest BCUT2D eigenvalue weighted by Crippen LogP contribution is -2.39. The highest BCUT2D eigenvalue weighted by atomic mass is 32.1. The molecule has 2 rings (SSSR count). The van der Waals surface area contributed by atoms with E-state index in [9.17, 15) is 24.5 Å². The Bertz CT molecular complexity index is 1030. The number of anilines is 1. The van der Waals surface area contributed by atoms with Gasteiger partial charge in [-0.15, -0.1) is 11.3 Å². The van der Waals surface area contributed by atoms with Gasteiger partial charge in [0.25, 0.3) is 5.69 Å². The Morgan fingerprint density at radius 1 is 1.21 bits per heavy atom. The van der Waals surface area contributed by atoms with E-state index in [4.69, 9.17) is 9.47 Å². The van der Waals surface area contributed by atoms with Gasteiger partial charge in [-0.25, -0.2) is 14.6 Å². The van der Waals surface area contributed by atoms with Crippen LogP contribution in [0.1, 0.15) is 49.6 Å². The Labute approximate surface area is 201 Å². The molecular weight excluding hydrogens is 464 g/mol. The number of rotatable bonds is 10. The first-order valence-corrected chi connectivity index (χ1v) is 11.5. The number of para-hydroxylation sites is 2. The van der Waals surface area contributed by atoms with Gasteiger partial charge in [0.1, 0.15) is 11.3 Å². The number of ether oxygens (including phenoxy) is 2. The lowest BCUT2D eigenvalue weighted by Gasteiger charge is -2.27. The van der Waals surface area contributed by atoms with Gasteiger partial charge in [-0.3, -0.25) is 14.9 Å². The SMILES string of the molecule is CCOC(=O)c1csc(CCN(CCC(=O)Nc2ccccc2[N+](=O)[O-])C(=O)OC(C)(C)C)n1. The summed E-state index contributed by atoms with van der Waals surface area (Å²) < 4.78 is 10.4. The van der Waals surface area contributed by atoms with Crippen LogP contribution in [-0.2, 0) is 20.7 Å². The van der Waals surface area contributed by atoms with E-state index in [2.05, 4.69) is 10.3 Å². The van der Waals surface area contributed by atoms with Gasteiger partial charge >= 0.3 is 12.1 Å². The van der Waals surface area contributed by atoms with Gasteiger partial charge in [-0.05, 0) is 33.8 Å². The Morgan fingerprint density at radius 2 is 1.91 bits per heavy atom. The minimum Gasteiger partial charge on any atom is -0.461 e. The van der Waals surface area contributed by atoms with E-state index in [1.807, 2.05) is 0 Å². The van der Waals surface area contributed by atoms with Crippen molar-refractivity contribution in [2.24, 2.45) is 0 Å². The minimum absolute atomic E-state index is 0.0253. The smallest absolute Gasteiger partial charge is 0.410 e. The number of nitrogens with one attached hydrogen (secondary N) is 1. The fourth-order valence-corrected chi connectivity index (χ4v) is 3.52. The van der Waals surface area contributed by atoms with Gasteiger partial charge in [0.2, 0.25) is 5.91 Å². The molecule has 0 unspecified atom stereocenters. The van der Waals surface area contributed by atoms with Crippen LogP contribution in [0.2, 0.25) is 0 Å². The number of nitro groups is 1. The van der Waals surface area contributed by atoms with Gasteiger partial charge in [-0.1, -0.05) is 12.1 Å². The van der Waals surface area contributed by atoms with Crippen molar-refractivity contribution in [3.63, 3.8) is 0 Å². The Balaban J connectivity index is 2.03. The molecule has 1 heterocycles. The summed E-state index contributed by atoms with van der Waals surface area (Å²) in [6, 6.07) is 5.81. The van der Waals surface area contributed by atoms with Crippen LogP contribution in [0.15, 0.2) is 29.6 Å². The molecule has 0 aliphatic rings. The number of nitrogens with zero attached hydrogens (tertiary/aromatic N) is 3. The minimum atomic E-state index is -0.736. The second kappa shape index (κ2) is 12.1. The van der Waals surface area contributed by atoms with Crippen molar-refractivity contribution in [1.29, 1.82) is 0 Å². The van der Waals surface area contributed by atoms with Gasteiger partial charge in [0, 0.05) is 37.4 Å². The number of nitro benzene ring substituents is 1. The molecule has 0 radical (unpaired) electrons. The topological polar surface area (TPSA) is 141 Å². The average molecular weight is 493 g/mol. The van der Waals surface area contributed by atoms with Gasteiger partial charge < -0.3 is 19.7 Å². The molecule has 1 N–H and O–H groups in total. The van der Waals surface area contributed by atoms with Crippen LogP contribution in [0.3, 0.4) is 0 Å². The summed E-state index contributed by atoms with van der Waals surface area (Å²) in [5.74, 6) is -0.998. The second-order valence-corrected chi connectivity index (χ2v) is 9.08. The summed E-state index contributed by atoms with van der Waals surface area (Å²) in [6.07, 6.45) is -0.361. The monoisotopic (exact) mass is 492 g/mol. The Morgan fingerprint density at radius 3 is 2.56 bits per heavy atom. The maximum absolute atomic E-state index is 12.7. The van der Waals surface area contributed by atoms with Crippen molar-refractivity contribution in [3.05, 3.63) is 50.5 Å². The highest BCUT2D eigenvalue weighted by molar-refractivity contribution is 7.09. The number of hydrogen-bond donors (Lipinski definition) is 1. The third-order valence-electron chi connectivity index (χ3n) is 4.27. The van der Waals surface area contributed by atoms with E-state index in [1.165, 1.54) is 34.4 Å². The first-order chi connectivity index (χ1) is 16.0. The van der Waals surface area contributed by atoms with Crippen LogP contribution < -0.4 is 5.32 Å². The van der Waals surface area contributed by atoms with Crippen LogP contribution >= 0.6 is 11.3 Å². The average Bonchev–Trinajstić information content (AvgIpc) is 3.22. The van der Waals surface area contributed by atoms with E-state index in [-0.39, 0.29) is 43.2 Å². The molecule has 0 aliphatic heterocycles. The first kappa shape index (κ1) is 26.7. The van der Waals surface area contributed by atoms with E-state index in [0.29, 0.717) is 11.4 Å². The summed E-state index contributed by atoms with van der Waals surface area (Å²) in [5.41, 5.74) is -0.674. The predicted molar refractivity (Wildman–Crippen MR) is 126 cm³/mol. The zero-order chi connectivity index (χ0) is 25.3. The highest BCUT2D eigenvalue weighted by Gasteiger charge is 2.24. The standard InChI is InChI=1S/C22H28N4O7S/c1-5-32-20(28)16-14-34-19(24-16)11-13-25(21(29)33-22(2,3)4)12-10-18(27)23-15-8-6-7-9-17(15)26(30)31/h6-9,14H,5,10-13H2,1-4H3,(H,23,27). The lowest BCUT2D eigenvalue weighted by molar-refractivity contribution is -0.383. The van der Waals surface area contributed by atoms with Crippen molar-refractivity contribution in [3.8, 4) is 0 Å². The van der Waals surface area contributed by atoms with E-state index in [1.54, 1.807) is 39.1 Å². The first-order valence-electron chi connectivity index (χ1n) is 10.6. The van der Waals surface area contributed by atoms with E-state index < -0.39 is 28.5 Å². The van der Waals surface area contributed by atoms with Crippen LogP contribution in [0.4, 0.5) is 16.2 Å². The summed E-state index contributed by atoms with van der Waals surface area (Å²) in [6.45, 7) is 7.37. The highest BCUT2D eigenvalue weighted by Crippen LogP contribution is 2.23. The molecule has 0 bridgehead atoms. The lowest BCUT2D eigenvalue weighted by atomic mass is 10.2. The molecule has 12 heteroatoms. The zero-order valence-electron chi connectivity index (χ0n) is 19.5. The molecule has 0 saturated heterocycles. The van der Waals surface area contributed by atoms with Crippen molar-refractivity contribution >= 4 is 40.7 Å². The molecule has 1 aromatic heterocycles. The number of carbonyl (C=O) groups is 3. The molecule has 0 aliphatic carbocycles. The van der Waals surface area contributed by atoms with Crippen molar-refractivity contribution in [2.75, 3.05) is 25.0 Å². The third kappa shape index (κ3) is 8.43. The van der Waals surface area contributed by atoms with Crippen molar-refractivity contribution < 1.29 is 28.8 Å². The van der Waals surface area contributed by atoms with Crippen LogP contribution in [0.25, 0.3) is 0 Å². The maximum atomic E-state index is 12.7. The number of amides is 2. The van der Waals surface area contributed by atoms with Crippen LogP contribution in [-0.4, -0.2) is 58.1 Å². The molecule has 0 saturated carbocycles. The van der Waals surface area contributed by atoms with Crippen LogP contribution in [0, 0.1) is 10.1 Å². The molecule has 1 aromatic carbocycles. The Kier molecular flexibility index (Phi) is 9.48.